The maximum absolute atomic E-state index is 5.44. The van der Waals surface area contributed by atoms with Crippen molar-refractivity contribution < 1.29 is 4.74 Å². The minimum absolute atomic E-state index is 0.970. The molecule has 0 bridgehead atoms. The van der Waals surface area contributed by atoms with Gasteiger partial charge >= 0.3 is 0 Å². The van der Waals surface area contributed by atoms with Gasteiger partial charge in [0.1, 0.15) is 0 Å². The molecule has 0 radical (unpaired) electrons. The number of rotatable bonds is 8. The van der Waals surface area contributed by atoms with Crippen LogP contribution in [-0.2, 0) is 4.74 Å². The third kappa shape index (κ3) is 5.21. The third-order valence-electron chi connectivity index (χ3n) is 4.22. The van der Waals surface area contributed by atoms with Gasteiger partial charge in [-0.2, -0.15) is 0 Å². The second-order valence-corrected chi connectivity index (χ2v) is 6.12. The highest BCUT2D eigenvalue weighted by molar-refractivity contribution is 6.02. The highest BCUT2D eigenvalue weighted by Gasteiger charge is 2.19. The fraction of sp³-hybridized carbons (Fsp3) is 0.455. The molecule has 0 spiro atoms. The maximum atomic E-state index is 5.44. The summed E-state index contributed by atoms with van der Waals surface area (Å²) in [7, 11) is 0. The second kappa shape index (κ2) is 10.2. The molecule has 0 fully saturated rings. The van der Waals surface area contributed by atoms with Crippen LogP contribution >= 0.6 is 0 Å². The molecule has 124 valence electrons. The van der Waals surface area contributed by atoms with Gasteiger partial charge in [-0.3, -0.25) is 0 Å². The SMILES string of the molecule is CCCCCOCCCCC.c1ccc2c(c1)-c1ccccc1-2. The first-order chi connectivity index (χ1) is 11.4. The Hall–Kier alpha value is -1.60. The predicted molar refractivity (Wildman–Crippen MR) is 101 cm³/mol. The molecule has 0 N–H and O–H groups in total. The van der Waals surface area contributed by atoms with Crippen molar-refractivity contribution in [3.63, 3.8) is 0 Å². The van der Waals surface area contributed by atoms with Crippen LogP contribution in [0.15, 0.2) is 48.5 Å². The number of ether oxygens (including phenoxy) is 1. The lowest BCUT2D eigenvalue weighted by Crippen LogP contribution is -1.96. The van der Waals surface area contributed by atoms with E-state index in [9.17, 15) is 0 Å². The molecule has 0 unspecified atom stereocenters. The first-order valence-electron chi connectivity index (χ1n) is 9.15. The Morgan fingerprint density at radius 1 is 0.565 bits per heavy atom. The summed E-state index contributed by atoms with van der Waals surface area (Å²) in [6, 6.07) is 17.1. The van der Waals surface area contributed by atoms with Crippen LogP contribution in [0.25, 0.3) is 22.3 Å². The molecule has 0 aromatic heterocycles. The van der Waals surface area contributed by atoms with Gasteiger partial charge in [-0.25, -0.2) is 0 Å². The second-order valence-electron chi connectivity index (χ2n) is 6.12. The zero-order chi connectivity index (χ0) is 16.3. The molecule has 0 atom stereocenters. The largest absolute Gasteiger partial charge is 0.381 e. The van der Waals surface area contributed by atoms with Gasteiger partial charge in [0.15, 0.2) is 0 Å². The van der Waals surface area contributed by atoms with Crippen LogP contribution in [0.2, 0.25) is 0 Å². The van der Waals surface area contributed by atoms with Crippen molar-refractivity contribution in [2.75, 3.05) is 13.2 Å². The van der Waals surface area contributed by atoms with E-state index < -0.39 is 0 Å². The fourth-order valence-electron chi connectivity index (χ4n) is 2.85. The van der Waals surface area contributed by atoms with E-state index in [4.69, 9.17) is 4.74 Å². The molecule has 2 aromatic carbocycles. The number of unbranched alkanes of at least 4 members (excludes halogenated alkanes) is 4. The summed E-state index contributed by atoms with van der Waals surface area (Å²) >= 11 is 0. The summed E-state index contributed by atoms with van der Waals surface area (Å²) in [5.41, 5.74) is 5.59. The summed E-state index contributed by atoms with van der Waals surface area (Å²) in [5.74, 6) is 0. The standard InChI is InChI=1S/C12H8.C10H22O/c1-2-6-10-9(5-1)11-7-3-4-8-12(10)11;1-3-5-7-9-11-10-8-6-4-2/h1-8H;3-10H2,1-2H3. The topological polar surface area (TPSA) is 9.23 Å². The van der Waals surface area contributed by atoms with Crippen LogP contribution in [0.1, 0.15) is 52.4 Å². The quantitative estimate of drug-likeness (QED) is 0.420. The molecule has 0 heterocycles. The maximum Gasteiger partial charge on any atom is 0.0466 e. The normalized spacial score (nSPS) is 10.9. The fourth-order valence-corrected chi connectivity index (χ4v) is 2.85. The van der Waals surface area contributed by atoms with E-state index >= 15 is 0 Å². The Morgan fingerprint density at radius 2 is 0.913 bits per heavy atom. The van der Waals surface area contributed by atoms with Gasteiger partial charge in [0, 0.05) is 13.2 Å². The average molecular weight is 310 g/mol. The third-order valence-corrected chi connectivity index (χ3v) is 4.22. The summed E-state index contributed by atoms with van der Waals surface area (Å²) in [6.07, 6.45) is 7.68. The molecule has 1 aliphatic carbocycles. The van der Waals surface area contributed by atoms with Crippen molar-refractivity contribution in [3.05, 3.63) is 48.5 Å². The Morgan fingerprint density at radius 3 is 1.22 bits per heavy atom. The summed E-state index contributed by atoms with van der Waals surface area (Å²) in [4.78, 5) is 0. The number of benzene rings is 2. The monoisotopic (exact) mass is 310 g/mol. The van der Waals surface area contributed by atoms with Crippen molar-refractivity contribution in [1.82, 2.24) is 0 Å². The van der Waals surface area contributed by atoms with Gasteiger partial charge in [0.2, 0.25) is 0 Å². The Kier molecular flexibility index (Phi) is 7.89. The van der Waals surface area contributed by atoms with Gasteiger partial charge in [0.25, 0.3) is 0 Å². The summed E-state index contributed by atoms with van der Waals surface area (Å²) < 4.78 is 5.44. The van der Waals surface area contributed by atoms with Crippen LogP contribution in [-0.4, -0.2) is 13.2 Å². The van der Waals surface area contributed by atoms with Crippen LogP contribution in [0, 0.1) is 0 Å². The number of hydrogen-bond donors (Lipinski definition) is 0. The minimum atomic E-state index is 0.970. The number of hydrogen-bond acceptors (Lipinski definition) is 1. The molecule has 0 saturated carbocycles. The summed E-state index contributed by atoms with van der Waals surface area (Å²) in [6.45, 7) is 6.38. The van der Waals surface area contributed by atoms with E-state index in [0.29, 0.717) is 0 Å². The molecule has 2 aromatic rings. The average Bonchev–Trinajstić information content (AvgIpc) is 2.59. The van der Waals surface area contributed by atoms with Gasteiger partial charge in [-0.1, -0.05) is 88.1 Å². The first kappa shape index (κ1) is 17.7. The molecule has 0 amide bonds. The van der Waals surface area contributed by atoms with Gasteiger partial charge < -0.3 is 4.74 Å². The Bertz CT molecular complexity index is 466. The molecule has 23 heavy (non-hydrogen) atoms. The highest BCUT2D eigenvalue weighted by Crippen LogP contribution is 2.46. The molecule has 1 nitrogen and oxygen atoms in total. The van der Waals surface area contributed by atoms with Crippen molar-refractivity contribution in [3.8, 4) is 22.3 Å². The van der Waals surface area contributed by atoms with Crippen molar-refractivity contribution >= 4 is 0 Å². The summed E-state index contributed by atoms with van der Waals surface area (Å²) in [5, 5.41) is 0. The molecular formula is C22H30O. The van der Waals surface area contributed by atoms with Crippen molar-refractivity contribution in [1.29, 1.82) is 0 Å². The zero-order valence-corrected chi connectivity index (χ0v) is 14.7. The predicted octanol–water partition coefficient (Wildman–Crippen LogP) is 6.72. The van der Waals surface area contributed by atoms with Crippen molar-refractivity contribution in [2.24, 2.45) is 0 Å². The van der Waals surface area contributed by atoms with Gasteiger partial charge in [0.05, 0.1) is 0 Å². The van der Waals surface area contributed by atoms with Crippen LogP contribution in [0.4, 0.5) is 0 Å². The van der Waals surface area contributed by atoms with E-state index in [0.717, 1.165) is 13.2 Å². The van der Waals surface area contributed by atoms with E-state index in [1.807, 2.05) is 0 Å². The Labute approximate surface area is 141 Å². The Balaban J connectivity index is 0.000000168. The smallest absolute Gasteiger partial charge is 0.0466 e. The molecule has 0 saturated heterocycles. The highest BCUT2D eigenvalue weighted by atomic mass is 16.5. The van der Waals surface area contributed by atoms with E-state index in [-0.39, 0.29) is 0 Å². The van der Waals surface area contributed by atoms with Gasteiger partial charge in [-0.15, -0.1) is 0 Å². The zero-order valence-electron chi connectivity index (χ0n) is 14.7. The lowest BCUT2D eigenvalue weighted by molar-refractivity contribution is 0.126. The molecule has 1 aliphatic rings. The molecule has 3 rings (SSSR count). The van der Waals surface area contributed by atoms with Crippen LogP contribution < -0.4 is 0 Å². The van der Waals surface area contributed by atoms with E-state index in [1.54, 1.807) is 0 Å². The minimum Gasteiger partial charge on any atom is -0.381 e. The van der Waals surface area contributed by atoms with Crippen LogP contribution in [0.5, 0.6) is 0 Å². The van der Waals surface area contributed by atoms with Gasteiger partial charge in [-0.05, 0) is 35.1 Å². The lowest BCUT2D eigenvalue weighted by atomic mass is 9.81. The molecule has 0 aliphatic heterocycles. The molecule has 1 heteroatoms. The lowest BCUT2D eigenvalue weighted by Gasteiger charge is -2.22. The molecular weight excluding hydrogens is 280 g/mol. The first-order valence-corrected chi connectivity index (χ1v) is 9.15. The van der Waals surface area contributed by atoms with Crippen molar-refractivity contribution in [2.45, 2.75) is 52.4 Å². The van der Waals surface area contributed by atoms with E-state index in [1.165, 1.54) is 60.8 Å². The van der Waals surface area contributed by atoms with Crippen LogP contribution in [0.3, 0.4) is 0 Å². The van der Waals surface area contributed by atoms with E-state index in [2.05, 4.69) is 62.4 Å². The number of fused-ring (bicyclic) bond motifs is 4.